The summed E-state index contributed by atoms with van der Waals surface area (Å²) in [5.41, 5.74) is 2.09. The molecule has 0 atom stereocenters. The minimum absolute atomic E-state index is 0.132. The van der Waals surface area contributed by atoms with Gasteiger partial charge in [-0.15, -0.1) is 0 Å². The van der Waals surface area contributed by atoms with Crippen LogP contribution in [0, 0.1) is 5.92 Å². The summed E-state index contributed by atoms with van der Waals surface area (Å²) in [6.45, 7) is 17.3. The van der Waals surface area contributed by atoms with Gasteiger partial charge in [0.2, 0.25) is 0 Å². The molecule has 0 aromatic heterocycles. The number of aromatic hydroxyl groups is 1. The van der Waals surface area contributed by atoms with Crippen LogP contribution in [0.25, 0.3) is 0 Å². The smallest absolute Gasteiger partial charge is 0.411 e. The number of carbonyl (C=O) groups is 1. The van der Waals surface area contributed by atoms with Gasteiger partial charge in [-0.25, -0.2) is 4.79 Å². The third-order valence-corrected chi connectivity index (χ3v) is 5.51. The van der Waals surface area contributed by atoms with Gasteiger partial charge < -0.3 is 9.84 Å². The second-order valence-electron chi connectivity index (χ2n) is 8.80. The predicted octanol–water partition coefficient (Wildman–Crippen LogP) is 6.36. The van der Waals surface area contributed by atoms with Crippen LogP contribution in [0.4, 0.5) is 10.5 Å². The maximum absolute atomic E-state index is 12.4. The highest BCUT2D eigenvalue weighted by Gasteiger charge is 2.32. The summed E-state index contributed by atoms with van der Waals surface area (Å²) < 4.78 is 5.37. The number of rotatable bonds is 8. The van der Waals surface area contributed by atoms with Crippen molar-refractivity contribution in [2.75, 3.05) is 11.9 Å². The van der Waals surface area contributed by atoms with E-state index in [1.165, 1.54) is 0 Å². The van der Waals surface area contributed by atoms with Crippen LogP contribution in [0.15, 0.2) is 12.1 Å². The second-order valence-corrected chi connectivity index (χ2v) is 8.80. The van der Waals surface area contributed by atoms with Gasteiger partial charge in [0.25, 0.3) is 0 Å². The molecule has 0 radical (unpaired) electrons. The van der Waals surface area contributed by atoms with E-state index in [9.17, 15) is 9.90 Å². The van der Waals surface area contributed by atoms with E-state index in [-0.39, 0.29) is 16.6 Å². The molecule has 0 bridgehead atoms. The largest absolute Gasteiger partial charge is 0.508 e. The standard InChI is InChI=1S/C22H37NO3/c1-9-21(5,6)16-11-12-17(24)18(22(7,8)10-2)19(16)23-20(25)26-14-13-15(3)4/h11-12,15,24H,9-10,13-14H2,1-8H3,(H,23,25). The zero-order valence-corrected chi connectivity index (χ0v) is 17.8. The van der Waals surface area contributed by atoms with Crippen molar-refractivity contribution in [2.45, 2.75) is 85.5 Å². The average molecular weight is 364 g/mol. The maximum Gasteiger partial charge on any atom is 0.411 e. The SMILES string of the molecule is CCC(C)(C)c1ccc(O)c(C(C)(C)CC)c1NC(=O)OCCC(C)C. The minimum Gasteiger partial charge on any atom is -0.508 e. The summed E-state index contributed by atoms with van der Waals surface area (Å²) in [6.07, 6.45) is 2.13. The molecule has 0 saturated carbocycles. The van der Waals surface area contributed by atoms with Gasteiger partial charge in [-0.3, -0.25) is 5.32 Å². The highest BCUT2D eigenvalue weighted by Crippen LogP contribution is 2.45. The monoisotopic (exact) mass is 363 g/mol. The van der Waals surface area contributed by atoms with Gasteiger partial charge in [0.15, 0.2) is 0 Å². The lowest BCUT2D eigenvalue weighted by molar-refractivity contribution is 0.155. The fourth-order valence-corrected chi connectivity index (χ4v) is 2.86. The maximum atomic E-state index is 12.4. The molecule has 0 aliphatic heterocycles. The number of anilines is 1. The molecule has 2 N–H and O–H groups in total. The molecule has 26 heavy (non-hydrogen) atoms. The van der Waals surface area contributed by atoms with E-state index < -0.39 is 6.09 Å². The van der Waals surface area contributed by atoms with Crippen LogP contribution in [0.3, 0.4) is 0 Å². The van der Waals surface area contributed by atoms with Crippen LogP contribution in [0.2, 0.25) is 0 Å². The quantitative estimate of drug-likeness (QED) is 0.565. The van der Waals surface area contributed by atoms with Crippen molar-refractivity contribution in [3.05, 3.63) is 23.3 Å². The van der Waals surface area contributed by atoms with Crippen LogP contribution in [-0.2, 0) is 15.6 Å². The first-order valence-corrected chi connectivity index (χ1v) is 9.77. The number of phenols is 1. The molecule has 1 rings (SSSR count). The highest BCUT2D eigenvalue weighted by molar-refractivity contribution is 5.88. The van der Waals surface area contributed by atoms with E-state index in [1.54, 1.807) is 6.07 Å². The van der Waals surface area contributed by atoms with E-state index in [0.717, 1.165) is 30.4 Å². The van der Waals surface area contributed by atoms with E-state index in [0.29, 0.717) is 18.2 Å². The number of phenolic OH excluding ortho intramolecular Hbond substituents is 1. The number of amides is 1. The van der Waals surface area contributed by atoms with Gasteiger partial charge in [-0.1, -0.05) is 61.5 Å². The third-order valence-electron chi connectivity index (χ3n) is 5.51. The lowest BCUT2D eigenvalue weighted by Gasteiger charge is -2.33. The Morgan fingerprint density at radius 3 is 2.19 bits per heavy atom. The van der Waals surface area contributed by atoms with Crippen molar-refractivity contribution < 1.29 is 14.6 Å². The molecule has 1 aromatic rings. The Labute approximate surface area is 159 Å². The Balaban J connectivity index is 3.35. The summed E-state index contributed by atoms with van der Waals surface area (Å²) in [5, 5.41) is 13.5. The second kappa shape index (κ2) is 8.79. The Hall–Kier alpha value is -1.71. The number of nitrogens with one attached hydrogen (secondary N) is 1. The van der Waals surface area contributed by atoms with Gasteiger partial charge in [-0.2, -0.15) is 0 Å². The van der Waals surface area contributed by atoms with Gasteiger partial charge in [0, 0.05) is 5.56 Å². The fraction of sp³-hybridized carbons (Fsp3) is 0.682. The first-order chi connectivity index (χ1) is 12.0. The van der Waals surface area contributed by atoms with Crippen LogP contribution in [-0.4, -0.2) is 17.8 Å². The van der Waals surface area contributed by atoms with Crippen molar-refractivity contribution in [1.82, 2.24) is 0 Å². The number of carbonyl (C=O) groups excluding carboxylic acids is 1. The Morgan fingerprint density at radius 1 is 1.12 bits per heavy atom. The van der Waals surface area contributed by atoms with E-state index in [2.05, 4.69) is 60.7 Å². The first kappa shape index (κ1) is 22.3. The molecule has 0 fully saturated rings. The lowest BCUT2D eigenvalue weighted by atomic mass is 9.74. The normalized spacial score (nSPS) is 12.3. The van der Waals surface area contributed by atoms with Crippen LogP contribution >= 0.6 is 0 Å². The Kier molecular flexibility index (Phi) is 7.55. The van der Waals surface area contributed by atoms with E-state index in [4.69, 9.17) is 4.74 Å². The molecule has 0 heterocycles. The van der Waals surface area contributed by atoms with Gasteiger partial charge >= 0.3 is 6.09 Å². The summed E-state index contributed by atoms with van der Waals surface area (Å²) in [4.78, 5) is 12.4. The molecule has 0 saturated heterocycles. The summed E-state index contributed by atoms with van der Waals surface area (Å²) in [7, 11) is 0. The molecule has 1 aromatic carbocycles. The fourth-order valence-electron chi connectivity index (χ4n) is 2.86. The molecule has 0 unspecified atom stereocenters. The highest BCUT2D eigenvalue weighted by atomic mass is 16.5. The Morgan fingerprint density at radius 2 is 1.69 bits per heavy atom. The lowest BCUT2D eigenvalue weighted by Crippen LogP contribution is -2.26. The molecular weight excluding hydrogens is 326 g/mol. The molecule has 0 aliphatic rings. The first-order valence-electron chi connectivity index (χ1n) is 9.77. The molecule has 4 nitrogen and oxygen atoms in total. The van der Waals surface area contributed by atoms with Crippen molar-refractivity contribution in [2.24, 2.45) is 5.92 Å². The number of benzene rings is 1. The summed E-state index contributed by atoms with van der Waals surface area (Å²) in [6, 6.07) is 3.66. The molecule has 148 valence electrons. The van der Waals surface area contributed by atoms with Crippen LogP contribution in [0.5, 0.6) is 5.75 Å². The molecule has 4 heteroatoms. The average Bonchev–Trinajstić information content (AvgIpc) is 2.54. The third kappa shape index (κ3) is 5.39. The topological polar surface area (TPSA) is 58.6 Å². The predicted molar refractivity (Wildman–Crippen MR) is 109 cm³/mol. The van der Waals surface area contributed by atoms with E-state index in [1.807, 2.05) is 6.07 Å². The van der Waals surface area contributed by atoms with Gasteiger partial charge in [0.05, 0.1) is 12.3 Å². The molecular formula is C22H37NO3. The van der Waals surface area contributed by atoms with Crippen molar-refractivity contribution in [3.8, 4) is 5.75 Å². The summed E-state index contributed by atoms with van der Waals surface area (Å²) >= 11 is 0. The molecule has 0 aliphatic carbocycles. The zero-order chi connectivity index (χ0) is 20.1. The van der Waals surface area contributed by atoms with Gasteiger partial charge in [-0.05, 0) is 47.6 Å². The molecule has 1 amide bonds. The van der Waals surface area contributed by atoms with Crippen molar-refractivity contribution in [3.63, 3.8) is 0 Å². The van der Waals surface area contributed by atoms with Crippen LogP contribution < -0.4 is 5.32 Å². The zero-order valence-electron chi connectivity index (χ0n) is 17.8. The summed E-state index contributed by atoms with van der Waals surface area (Å²) in [5.74, 6) is 0.692. The van der Waals surface area contributed by atoms with Crippen molar-refractivity contribution in [1.29, 1.82) is 0 Å². The van der Waals surface area contributed by atoms with Crippen molar-refractivity contribution >= 4 is 11.8 Å². The number of hydrogen-bond donors (Lipinski definition) is 2. The Bertz CT molecular complexity index is 618. The van der Waals surface area contributed by atoms with Gasteiger partial charge in [0.1, 0.15) is 5.75 Å². The molecule has 0 spiro atoms. The van der Waals surface area contributed by atoms with E-state index >= 15 is 0 Å². The minimum atomic E-state index is -0.461. The van der Waals surface area contributed by atoms with Crippen LogP contribution in [0.1, 0.15) is 85.8 Å². The number of ether oxygens (including phenoxy) is 1. The number of hydrogen-bond acceptors (Lipinski definition) is 3.